The maximum absolute atomic E-state index is 5.75. The lowest BCUT2D eigenvalue weighted by molar-refractivity contribution is 0.633. The van der Waals surface area contributed by atoms with Gasteiger partial charge in [-0.25, -0.2) is 4.98 Å². The molecule has 0 aliphatic carbocycles. The molecule has 0 saturated heterocycles. The van der Waals surface area contributed by atoms with Crippen molar-refractivity contribution in [3.8, 4) is 0 Å². The highest BCUT2D eigenvalue weighted by molar-refractivity contribution is 6.29. The normalized spacial score (nSPS) is 10.3. The van der Waals surface area contributed by atoms with Crippen molar-refractivity contribution in [2.24, 2.45) is 0 Å². The van der Waals surface area contributed by atoms with Gasteiger partial charge in [-0.1, -0.05) is 31.0 Å². The number of rotatable bonds is 5. The van der Waals surface area contributed by atoms with Gasteiger partial charge in [0.15, 0.2) is 0 Å². The van der Waals surface area contributed by atoms with Gasteiger partial charge in [-0.2, -0.15) is 0 Å². The Morgan fingerprint density at radius 3 is 3.00 bits per heavy atom. The van der Waals surface area contributed by atoms with Gasteiger partial charge in [-0.15, -0.1) is 0 Å². The first kappa shape index (κ1) is 10.5. The quantitative estimate of drug-likeness (QED) is 0.581. The van der Waals surface area contributed by atoms with E-state index in [1.165, 1.54) is 12.8 Å². The van der Waals surface area contributed by atoms with Gasteiger partial charge in [0.2, 0.25) is 0 Å². The van der Waals surface area contributed by atoms with Gasteiger partial charge >= 0.3 is 0 Å². The summed E-state index contributed by atoms with van der Waals surface area (Å²) in [6, 6.07) is 5.69. The van der Waals surface area contributed by atoms with Gasteiger partial charge in [-0.05, 0) is 25.1 Å². The largest absolute Gasteiger partial charge is 0.311 e. The molecule has 72 valence electrons. The average Bonchev–Trinajstić information content (AvgIpc) is 2.13. The zero-order valence-corrected chi connectivity index (χ0v) is 8.64. The van der Waals surface area contributed by atoms with E-state index in [-0.39, 0.29) is 0 Å². The van der Waals surface area contributed by atoms with Gasteiger partial charge in [0.25, 0.3) is 0 Å². The minimum Gasteiger partial charge on any atom is -0.311 e. The second kappa shape index (κ2) is 5.95. The fourth-order valence-corrected chi connectivity index (χ4v) is 1.25. The number of unbranched alkanes of at least 4 members (excludes halogenated alkanes) is 1. The summed E-state index contributed by atoms with van der Waals surface area (Å²) < 4.78 is 0. The molecule has 0 amide bonds. The molecule has 13 heavy (non-hydrogen) atoms. The number of nitrogens with zero attached hydrogens (tertiary/aromatic N) is 1. The minimum absolute atomic E-state index is 0.565. The summed E-state index contributed by atoms with van der Waals surface area (Å²) in [6.07, 6.45) is 2.43. The molecule has 1 aromatic rings. The Hall–Kier alpha value is -0.600. The Morgan fingerprint density at radius 1 is 1.46 bits per heavy atom. The van der Waals surface area contributed by atoms with E-state index in [0.29, 0.717) is 5.15 Å². The third kappa shape index (κ3) is 4.25. The topological polar surface area (TPSA) is 24.9 Å². The molecule has 1 aromatic heterocycles. The van der Waals surface area contributed by atoms with E-state index in [1.54, 1.807) is 6.07 Å². The molecular formula is C10H15ClN2. The van der Waals surface area contributed by atoms with Gasteiger partial charge in [0.05, 0.1) is 5.69 Å². The highest BCUT2D eigenvalue weighted by atomic mass is 35.5. The maximum atomic E-state index is 5.75. The predicted octanol–water partition coefficient (Wildman–Crippen LogP) is 2.62. The van der Waals surface area contributed by atoms with E-state index in [9.17, 15) is 0 Å². The molecule has 1 N–H and O–H groups in total. The molecule has 1 heterocycles. The van der Waals surface area contributed by atoms with Crippen LogP contribution in [0, 0.1) is 0 Å². The van der Waals surface area contributed by atoms with Crippen LogP contribution in [0.2, 0.25) is 5.15 Å². The zero-order valence-electron chi connectivity index (χ0n) is 7.89. The fraction of sp³-hybridized carbons (Fsp3) is 0.500. The van der Waals surface area contributed by atoms with Crippen LogP contribution in [0.1, 0.15) is 25.5 Å². The summed E-state index contributed by atoms with van der Waals surface area (Å²) >= 11 is 5.75. The van der Waals surface area contributed by atoms with E-state index in [1.807, 2.05) is 12.1 Å². The standard InChI is InChI=1S/C10H15ClN2/c1-2-3-7-12-8-9-5-4-6-10(11)13-9/h4-6,12H,2-3,7-8H2,1H3. The molecule has 0 unspecified atom stereocenters. The Kier molecular flexibility index (Phi) is 4.79. The third-order valence-corrected chi connectivity index (χ3v) is 2.00. The van der Waals surface area contributed by atoms with Crippen LogP contribution in [0.4, 0.5) is 0 Å². The number of aromatic nitrogens is 1. The minimum atomic E-state index is 0.565. The first-order valence-corrected chi connectivity index (χ1v) is 5.03. The molecule has 1 rings (SSSR count). The summed E-state index contributed by atoms with van der Waals surface area (Å²) in [5.74, 6) is 0. The first-order chi connectivity index (χ1) is 6.33. The Morgan fingerprint density at radius 2 is 2.31 bits per heavy atom. The van der Waals surface area contributed by atoms with Crippen molar-refractivity contribution in [1.29, 1.82) is 0 Å². The number of halogens is 1. The molecule has 0 aromatic carbocycles. The van der Waals surface area contributed by atoms with Crippen LogP contribution in [0.3, 0.4) is 0 Å². The Bertz CT molecular complexity index is 250. The van der Waals surface area contributed by atoms with Crippen molar-refractivity contribution in [2.45, 2.75) is 26.3 Å². The van der Waals surface area contributed by atoms with Crippen LogP contribution in [0.5, 0.6) is 0 Å². The van der Waals surface area contributed by atoms with Crippen molar-refractivity contribution in [1.82, 2.24) is 10.3 Å². The lowest BCUT2D eigenvalue weighted by Gasteiger charge is -2.02. The van der Waals surface area contributed by atoms with Crippen molar-refractivity contribution in [3.05, 3.63) is 29.0 Å². The summed E-state index contributed by atoms with van der Waals surface area (Å²) in [6.45, 7) is 4.03. The van der Waals surface area contributed by atoms with Crippen molar-refractivity contribution < 1.29 is 0 Å². The van der Waals surface area contributed by atoms with E-state index >= 15 is 0 Å². The molecule has 0 radical (unpaired) electrons. The number of pyridine rings is 1. The van der Waals surface area contributed by atoms with E-state index < -0.39 is 0 Å². The molecule has 0 aliphatic rings. The molecule has 0 spiro atoms. The zero-order chi connectivity index (χ0) is 9.52. The van der Waals surface area contributed by atoms with Crippen LogP contribution in [-0.4, -0.2) is 11.5 Å². The van der Waals surface area contributed by atoms with Crippen LogP contribution in [-0.2, 0) is 6.54 Å². The van der Waals surface area contributed by atoms with Crippen LogP contribution in [0.15, 0.2) is 18.2 Å². The molecule has 0 atom stereocenters. The monoisotopic (exact) mass is 198 g/mol. The second-order valence-corrected chi connectivity index (χ2v) is 3.37. The van der Waals surface area contributed by atoms with Crippen LogP contribution < -0.4 is 5.32 Å². The lowest BCUT2D eigenvalue weighted by atomic mass is 10.3. The molecule has 3 heteroatoms. The van der Waals surface area contributed by atoms with E-state index in [2.05, 4.69) is 17.2 Å². The molecule has 0 aliphatic heterocycles. The summed E-state index contributed by atoms with van der Waals surface area (Å²) in [4.78, 5) is 4.17. The van der Waals surface area contributed by atoms with Gasteiger partial charge < -0.3 is 5.32 Å². The third-order valence-electron chi connectivity index (χ3n) is 1.79. The molecular weight excluding hydrogens is 184 g/mol. The highest BCUT2D eigenvalue weighted by Crippen LogP contribution is 2.04. The van der Waals surface area contributed by atoms with E-state index in [0.717, 1.165) is 18.8 Å². The van der Waals surface area contributed by atoms with Crippen LogP contribution in [0.25, 0.3) is 0 Å². The Balaban J connectivity index is 2.28. The smallest absolute Gasteiger partial charge is 0.129 e. The number of hydrogen-bond acceptors (Lipinski definition) is 2. The number of nitrogens with one attached hydrogen (secondary N) is 1. The molecule has 0 saturated carbocycles. The highest BCUT2D eigenvalue weighted by Gasteiger charge is 1.94. The maximum Gasteiger partial charge on any atom is 0.129 e. The summed E-state index contributed by atoms with van der Waals surface area (Å²) in [5, 5.41) is 3.87. The van der Waals surface area contributed by atoms with Crippen molar-refractivity contribution in [2.75, 3.05) is 6.54 Å². The van der Waals surface area contributed by atoms with Gasteiger partial charge in [0.1, 0.15) is 5.15 Å². The second-order valence-electron chi connectivity index (χ2n) is 2.98. The molecule has 0 fully saturated rings. The summed E-state index contributed by atoms with van der Waals surface area (Å²) in [7, 11) is 0. The SMILES string of the molecule is CCCCNCc1cccc(Cl)n1. The van der Waals surface area contributed by atoms with Crippen LogP contribution >= 0.6 is 11.6 Å². The molecule has 0 bridgehead atoms. The lowest BCUT2D eigenvalue weighted by Crippen LogP contribution is -2.15. The van der Waals surface area contributed by atoms with Gasteiger partial charge in [-0.3, -0.25) is 0 Å². The Labute approximate surface area is 84.3 Å². The van der Waals surface area contributed by atoms with Crippen molar-refractivity contribution >= 4 is 11.6 Å². The first-order valence-electron chi connectivity index (χ1n) is 4.65. The van der Waals surface area contributed by atoms with E-state index in [4.69, 9.17) is 11.6 Å². The fourth-order valence-electron chi connectivity index (χ4n) is 1.07. The van der Waals surface area contributed by atoms with Gasteiger partial charge in [0, 0.05) is 6.54 Å². The summed E-state index contributed by atoms with van der Waals surface area (Å²) in [5.41, 5.74) is 1.00. The predicted molar refractivity (Wildman–Crippen MR) is 55.9 cm³/mol. The molecule has 2 nitrogen and oxygen atoms in total. The average molecular weight is 199 g/mol. The van der Waals surface area contributed by atoms with Crippen molar-refractivity contribution in [3.63, 3.8) is 0 Å². The number of hydrogen-bond donors (Lipinski definition) is 1.